The van der Waals surface area contributed by atoms with E-state index in [4.69, 9.17) is 4.74 Å². The molecule has 134 valence electrons. The summed E-state index contributed by atoms with van der Waals surface area (Å²) in [5.74, 6) is 0.517. The van der Waals surface area contributed by atoms with Gasteiger partial charge in [0.25, 0.3) is 5.91 Å². The van der Waals surface area contributed by atoms with E-state index in [9.17, 15) is 9.59 Å². The highest BCUT2D eigenvalue weighted by molar-refractivity contribution is 5.85. The lowest BCUT2D eigenvalue weighted by Gasteiger charge is -2.32. The van der Waals surface area contributed by atoms with E-state index < -0.39 is 0 Å². The monoisotopic (exact) mass is 355 g/mol. The second-order valence-corrected chi connectivity index (χ2v) is 5.68. The number of nitrogens with one attached hydrogen (secondary N) is 2. The van der Waals surface area contributed by atoms with Gasteiger partial charge in [-0.25, -0.2) is 0 Å². The molecule has 1 aromatic carbocycles. The van der Waals surface area contributed by atoms with Gasteiger partial charge in [-0.05, 0) is 32.0 Å². The maximum absolute atomic E-state index is 12.3. The van der Waals surface area contributed by atoms with E-state index >= 15 is 0 Å². The number of benzene rings is 1. The molecule has 1 aromatic rings. The van der Waals surface area contributed by atoms with Gasteiger partial charge in [-0.2, -0.15) is 0 Å². The van der Waals surface area contributed by atoms with Crippen molar-refractivity contribution in [1.29, 1.82) is 0 Å². The summed E-state index contributed by atoms with van der Waals surface area (Å²) < 4.78 is 5.50. The van der Waals surface area contributed by atoms with Crippen molar-refractivity contribution in [3.63, 3.8) is 0 Å². The summed E-state index contributed by atoms with van der Waals surface area (Å²) >= 11 is 0. The first-order valence-electron chi connectivity index (χ1n) is 8.08. The number of piperidine rings is 1. The Morgan fingerprint density at radius 1 is 1.25 bits per heavy atom. The minimum absolute atomic E-state index is 0. The number of amides is 2. The molecule has 2 N–H and O–H groups in total. The molecule has 0 bridgehead atoms. The van der Waals surface area contributed by atoms with E-state index in [1.165, 1.54) is 0 Å². The molecule has 0 aliphatic carbocycles. The first-order valence-corrected chi connectivity index (χ1v) is 8.08. The molecule has 1 aliphatic rings. The molecule has 7 heteroatoms. The molecular weight excluding hydrogens is 330 g/mol. The molecule has 1 unspecified atom stereocenters. The van der Waals surface area contributed by atoms with Crippen LogP contribution in [0.4, 0.5) is 0 Å². The van der Waals surface area contributed by atoms with Crippen LogP contribution in [0.5, 0.6) is 5.75 Å². The molecule has 0 saturated carbocycles. The Balaban J connectivity index is 0.00000288. The zero-order chi connectivity index (χ0) is 16.5. The lowest BCUT2D eigenvalue weighted by molar-refractivity contribution is -0.137. The Morgan fingerprint density at radius 3 is 2.71 bits per heavy atom. The minimum Gasteiger partial charge on any atom is -0.484 e. The summed E-state index contributed by atoms with van der Waals surface area (Å²) in [5.41, 5.74) is 0. The quantitative estimate of drug-likeness (QED) is 0.717. The van der Waals surface area contributed by atoms with E-state index in [2.05, 4.69) is 10.6 Å². The molecule has 1 atom stereocenters. The van der Waals surface area contributed by atoms with Crippen LogP contribution in [-0.2, 0) is 9.59 Å². The van der Waals surface area contributed by atoms with Gasteiger partial charge in [0.1, 0.15) is 5.75 Å². The topological polar surface area (TPSA) is 70.7 Å². The summed E-state index contributed by atoms with van der Waals surface area (Å²) in [5, 5.41) is 5.89. The molecular formula is C17H26ClN3O3. The van der Waals surface area contributed by atoms with Crippen LogP contribution >= 0.6 is 12.4 Å². The van der Waals surface area contributed by atoms with Gasteiger partial charge in [0, 0.05) is 26.2 Å². The molecule has 1 fully saturated rings. The number of hydrogen-bond acceptors (Lipinski definition) is 4. The average molecular weight is 356 g/mol. The minimum atomic E-state index is -0.124. The Morgan fingerprint density at radius 2 is 2.00 bits per heavy atom. The van der Waals surface area contributed by atoms with Crippen LogP contribution in [0.3, 0.4) is 0 Å². The van der Waals surface area contributed by atoms with E-state index in [1.54, 1.807) is 4.90 Å². The number of hydrogen-bond donors (Lipinski definition) is 2. The predicted octanol–water partition coefficient (Wildman–Crippen LogP) is 1.06. The molecule has 2 amide bonds. The van der Waals surface area contributed by atoms with Gasteiger partial charge < -0.3 is 20.3 Å². The van der Waals surface area contributed by atoms with Crippen molar-refractivity contribution < 1.29 is 14.3 Å². The third-order valence-electron chi connectivity index (χ3n) is 3.92. The number of likely N-dealkylation sites (N-methyl/N-ethyl adjacent to an activating group) is 1. The summed E-state index contributed by atoms with van der Waals surface area (Å²) in [4.78, 5) is 26.1. The molecule has 0 radical (unpaired) electrons. The Kier molecular flexibility index (Phi) is 9.19. The zero-order valence-corrected chi connectivity index (χ0v) is 14.8. The lowest BCUT2D eigenvalue weighted by Crippen LogP contribution is -2.47. The Hall–Kier alpha value is -1.79. The normalized spacial score (nSPS) is 16.9. The van der Waals surface area contributed by atoms with Crippen LogP contribution in [-0.4, -0.2) is 56.5 Å². The number of halogens is 1. The summed E-state index contributed by atoms with van der Waals surface area (Å²) in [6.45, 7) is 2.53. The number of para-hydroxylation sites is 1. The highest BCUT2D eigenvalue weighted by Gasteiger charge is 2.28. The zero-order valence-electron chi connectivity index (χ0n) is 14.0. The van der Waals surface area contributed by atoms with Crippen molar-refractivity contribution >= 4 is 24.2 Å². The van der Waals surface area contributed by atoms with Crippen molar-refractivity contribution in [1.82, 2.24) is 15.5 Å². The first kappa shape index (κ1) is 20.3. The number of rotatable bonds is 7. The summed E-state index contributed by atoms with van der Waals surface area (Å²) in [7, 11) is 1.85. The molecule has 2 rings (SSSR count). The van der Waals surface area contributed by atoms with Crippen LogP contribution in [0.1, 0.15) is 12.8 Å². The second kappa shape index (κ2) is 10.9. The number of nitrogens with zero attached hydrogens (tertiary/aromatic N) is 1. The molecule has 1 aliphatic heterocycles. The second-order valence-electron chi connectivity index (χ2n) is 5.68. The van der Waals surface area contributed by atoms with E-state index in [0.29, 0.717) is 25.4 Å². The third-order valence-corrected chi connectivity index (χ3v) is 3.92. The van der Waals surface area contributed by atoms with Crippen LogP contribution in [0.25, 0.3) is 0 Å². The fourth-order valence-electron chi connectivity index (χ4n) is 2.63. The van der Waals surface area contributed by atoms with Crippen LogP contribution < -0.4 is 15.4 Å². The van der Waals surface area contributed by atoms with Crippen LogP contribution in [0.2, 0.25) is 0 Å². The van der Waals surface area contributed by atoms with Crippen LogP contribution in [0.15, 0.2) is 30.3 Å². The predicted molar refractivity (Wildman–Crippen MR) is 95.4 cm³/mol. The van der Waals surface area contributed by atoms with E-state index in [1.807, 2.05) is 37.4 Å². The maximum Gasteiger partial charge on any atom is 0.260 e. The smallest absolute Gasteiger partial charge is 0.260 e. The van der Waals surface area contributed by atoms with Crippen LogP contribution in [0, 0.1) is 5.92 Å². The molecule has 0 spiro atoms. The van der Waals surface area contributed by atoms with Crippen molar-refractivity contribution in [2.75, 3.05) is 39.8 Å². The van der Waals surface area contributed by atoms with E-state index in [-0.39, 0.29) is 36.7 Å². The van der Waals surface area contributed by atoms with Crippen molar-refractivity contribution in [2.24, 2.45) is 5.92 Å². The summed E-state index contributed by atoms with van der Waals surface area (Å²) in [6.07, 6.45) is 1.68. The standard InChI is InChI=1S/C17H25N3O3.ClH/c1-18-9-10-19-17(22)14-6-5-11-20(12-14)16(21)13-23-15-7-3-2-4-8-15;/h2-4,7-8,14,18H,5-6,9-13H2,1H3,(H,19,22);1H. The number of ether oxygens (including phenoxy) is 1. The fourth-order valence-corrected chi connectivity index (χ4v) is 2.63. The van der Waals surface area contributed by atoms with Gasteiger partial charge in [0.2, 0.25) is 5.91 Å². The molecule has 24 heavy (non-hydrogen) atoms. The largest absolute Gasteiger partial charge is 0.484 e. The number of carbonyl (C=O) groups excluding carboxylic acids is 2. The van der Waals surface area contributed by atoms with Gasteiger partial charge in [-0.1, -0.05) is 18.2 Å². The lowest BCUT2D eigenvalue weighted by atomic mass is 9.97. The molecule has 0 aromatic heterocycles. The molecule has 1 heterocycles. The van der Waals surface area contributed by atoms with Gasteiger partial charge >= 0.3 is 0 Å². The fraction of sp³-hybridized carbons (Fsp3) is 0.529. The average Bonchev–Trinajstić information content (AvgIpc) is 2.61. The highest BCUT2D eigenvalue weighted by atomic mass is 35.5. The molecule has 1 saturated heterocycles. The van der Waals surface area contributed by atoms with Crippen molar-refractivity contribution in [3.05, 3.63) is 30.3 Å². The first-order chi connectivity index (χ1) is 11.2. The van der Waals surface area contributed by atoms with Gasteiger partial charge in [0.05, 0.1) is 5.92 Å². The Labute approximate surface area is 149 Å². The molecule has 6 nitrogen and oxygen atoms in total. The van der Waals surface area contributed by atoms with Crippen molar-refractivity contribution in [3.8, 4) is 5.75 Å². The third kappa shape index (κ3) is 6.37. The number of carbonyl (C=O) groups is 2. The van der Waals surface area contributed by atoms with Crippen molar-refractivity contribution in [2.45, 2.75) is 12.8 Å². The maximum atomic E-state index is 12.3. The van der Waals surface area contributed by atoms with Gasteiger partial charge in [-0.15, -0.1) is 12.4 Å². The number of likely N-dealkylation sites (tertiary alicyclic amines) is 1. The Bertz CT molecular complexity index is 513. The van der Waals surface area contributed by atoms with E-state index in [0.717, 1.165) is 19.4 Å². The van der Waals surface area contributed by atoms with Gasteiger partial charge in [-0.3, -0.25) is 9.59 Å². The highest BCUT2D eigenvalue weighted by Crippen LogP contribution is 2.17. The SMILES string of the molecule is CNCCNC(=O)C1CCCN(C(=O)COc2ccccc2)C1.Cl. The van der Waals surface area contributed by atoms with Gasteiger partial charge in [0.15, 0.2) is 6.61 Å². The summed E-state index contributed by atoms with van der Waals surface area (Å²) in [6, 6.07) is 9.28.